The van der Waals surface area contributed by atoms with Crippen LogP contribution in [0, 0.1) is 23.7 Å². The number of ether oxygens (including phenoxy) is 9. The molecule has 4 aliphatic carbocycles. The highest BCUT2D eigenvalue weighted by Crippen LogP contribution is 2.59. The predicted octanol–water partition coefficient (Wildman–Crippen LogP) is 18.8. The number of aliphatic hydroxyl groups excluding tert-OH is 6. The lowest BCUT2D eigenvalue weighted by Crippen LogP contribution is -2.45. The number of esters is 3. The van der Waals surface area contributed by atoms with E-state index < -0.39 is 56.2 Å². The molecule has 0 bridgehead atoms. The number of benzene rings is 4. The minimum atomic E-state index is -1.55. The van der Waals surface area contributed by atoms with Gasteiger partial charge in [0.05, 0.1) is 26.2 Å². The Bertz CT molecular complexity index is 4050. The highest BCUT2D eigenvalue weighted by Gasteiger charge is 2.50. The molecule has 4 aliphatic heterocycles. The Labute approximate surface area is 696 Å². The molecule has 0 fully saturated rings. The van der Waals surface area contributed by atoms with Crippen LogP contribution in [0.2, 0.25) is 0 Å². The Hall–Kier alpha value is -7.56. The number of hydrogen-bond acceptors (Lipinski definition) is 20. The van der Waals surface area contributed by atoms with E-state index in [1.807, 2.05) is 18.2 Å². The summed E-state index contributed by atoms with van der Waals surface area (Å²) >= 11 is 0. The molecule has 8 N–H and O–H groups in total. The topological polar surface area (TPSA) is 299 Å². The molecular formula is C97H139NO19. The monoisotopic (exact) mass is 1620 g/mol. The molecule has 20 nitrogen and oxygen atoms in total. The molecule has 11 atom stereocenters. The fourth-order valence-corrected chi connectivity index (χ4v) is 18.6. The van der Waals surface area contributed by atoms with Gasteiger partial charge in [0.2, 0.25) is 0 Å². The number of carbonyl (C=O) groups excluding carboxylic acids is 4. The van der Waals surface area contributed by atoms with Crippen LogP contribution in [-0.2, 0) is 44.8 Å². The van der Waals surface area contributed by atoms with Crippen molar-refractivity contribution >= 4 is 24.1 Å². The lowest BCUT2D eigenvalue weighted by atomic mass is 9.68. The van der Waals surface area contributed by atoms with Crippen LogP contribution in [0.1, 0.15) is 314 Å². The maximum absolute atomic E-state index is 12.3. The highest BCUT2D eigenvalue weighted by molar-refractivity contribution is 5.79. The van der Waals surface area contributed by atoms with Gasteiger partial charge >= 0.3 is 24.1 Å². The van der Waals surface area contributed by atoms with Gasteiger partial charge < -0.3 is 79.0 Å². The third kappa shape index (κ3) is 24.0. The summed E-state index contributed by atoms with van der Waals surface area (Å²) in [6, 6.07) is 16.2. The zero-order valence-corrected chi connectivity index (χ0v) is 73.1. The molecule has 8 aliphatic rings. The summed E-state index contributed by atoms with van der Waals surface area (Å²) in [7, 11) is 0. The minimum Gasteiger partial charge on any atom is -0.487 e. The van der Waals surface area contributed by atoms with Crippen LogP contribution in [-0.4, -0.2) is 128 Å². The Kier molecular flexibility index (Phi) is 33.6. The first-order chi connectivity index (χ1) is 55.6. The number of carbonyl (C=O) groups is 4. The zero-order valence-electron chi connectivity index (χ0n) is 73.1. The van der Waals surface area contributed by atoms with Crippen LogP contribution >= 0.6 is 0 Å². The van der Waals surface area contributed by atoms with Gasteiger partial charge in [-0.2, -0.15) is 0 Å². The molecular weight excluding hydrogens is 1480 g/mol. The molecule has 0 aromatic heterocycles. The average Bonchev–Trinajstić information content (AvgIpc) is 0.955. The van der Waals surface area contributed by atoms with E-state index in [1.165, 1.54) is 40.7 Å². The van der Waals surface area contributed by atoms with Crippen molar-refractivity contribution in [2.45, 2.75) is 336 Å². The summed E-state index contributed by atoms with van der Waals surface area (Å²) < 4.78 is 53.6. The van der Waals surface area contributed by atoms with E-state index >= 15 is 0 Å². The summed E-state index contributed by atoms with van der Waals surface area (Å²) in [4.78, 5) is 49.1. The lowest BCUT2D eigenvalue weighted by Gasteiger charge is -2.46. The van der Waals surface area contributed by atoms with Crippen LogP contribution in [0.3, 0.4) is 0 Å². The average molecular weight is 1620 g/mol. The summed E-state index contributed by atoms with van der Waals surface area (Å²) in [6.07, 6.45) is 29.7. The van der Waals surface area contributed by atoms with Crippen LogP contribution in [0.25, 0.3) is 0 Å². The Morgan fingerprint density at radius 1 is 0.410 bits per heavy atom. The maximum atomic E-state index is 12.3. The third-order valence-electron chi connectivity index (χ3n) is 25.0. The molecule has 0 saturated heterocycles. The van der Waals surface area contributed by atoms with Gasteiger partial charge in [-0.1, -0.05) is 126 Å². The Morgan fingerprint density at radius 2 is 0.684 bits per heavy atom. The molecule has 20 heteroatoms. The van der Waals surface area contributed by atoms with Crippen molar-refractivity contribution in [3.05, 3.63) is 140 Å². The van der Waals surface area contributed by atoms with Crippen molar-refractivity contribution in [1.82, 2.24) is 0 Å². The van der Waals surface area contributed by atoms with Gasteiger partial charge in [-0.3, -0.25) is 4.79 Å². The van der Waals surface area contributed by atoms with Crippen molar-refractivity contribution in [1.29, 1.82) is 0 Å². The van der Waals surface area contributed by atoms with Crippen LogP contribution < -0.4 is 43.6 Å². The Morgan fingerprint density at radius 3 is 0.940 bits per heavy atom. The first-order valence-electron chi connectivity index (χ1n) is 43.8. The van der Waals surface area contributed by atoms with E-state index in [1.54, 1.807) is 0 Å². The molecule has 4 aromatic rings. The van der Waals surface area contributed by atoms with Gasteiger partial charge in [-0.15, -0.1) is 0 Å². The first-order valence-corrected chi connectivity index (χ1v) is 43.8. The van der Waals surface area contributed by atoms with Crippen LogP contribution in [0.15, 0.2) is 95.1 Å². The summed E-state index contributed by atoms with van der Waals surface area (Å²) in [5.41, 5.74) is 17.8. The lowest BCUT2D eigenvalue weighted by molar-refractivity contribution is -0.146. The molecule has 646 valence electrons. The number of unbranched alkanes of at least 4 members (excludes halogenated alkanes) is 8. The minimum absolute atomic E-state index is 0.0984. The van der Waals surface area contributed by atoms with Gasteiger partial charge in [0.15, 0.2) is 12.2 Å². The molecule has 4 aromatic carbocycles. The first kappa shape index (κ1) is 93.3. The SMILES string of the molecule is CCCCCc1cc(OC(=O)CCN)c2c(c1)OC(C)(C)[C@@H]1CCC(C)=C[C@@H]21.CCCCCc1cc(OC(=O)OC[C@@H](O)CO)c2c(c1)OC(C)(C)[C@@H]1CCC(C)=C[C@@H]21.CCCCCc1cc(OC(=O)[C@@H](O)CO)c2c(c1)OC(C)(C)[C@@H]1CCC(C)=C[C@@H]21.CCCCCc1cc(OC(=O)[C@H](O)CO)c2c(c1)OC(C)(C)[C@@H]1CCC(C)=C[C@@H]21. The van der Waals surface area contributed by atoms with E-state index in [0.29, 0.717) is 35.5 Å². The van der Waals surface area contributed by atoms with E-state index in [4.69, 9.17) is 63.7 Å². The molecule has 0 amide bonds. The summed E-state index contributed by atoms with van der Waals surface area (Å²) in [5.74, 6) is 4.99. The largest absolute Gasteiger partial charge is 0.513 e. The van der Waals surface area contributed by atoms with Crippen molar-refractivity contribution in [3.63, 3.8) is 0 Å². The second-order valence-corrected chi connectivity index (χ2v) is 36.2. The van der Waals surface area contributed by atoms with E-state index in [2.05, 4.69) is 165 Å². The Balaban J connectivity index is 0.000000178. The second-order valence-electron chi connectivity index (χ2n) is 36.2. The molecule has 0 saturated carbocycles. The van der Waals surface area contributed by atoms with E-state index in [9.17, 15) is 34.5 Å². The molecule has 4 heterocycles. The fourth-order valence-electron chi connectivity index (χ4n) is 18.6. The molecule has 0 radical (unpaired) electrons. The van der Waals surface area contributed by atoms with E-state index in [0.717, 1.165) is 203 Å². The predicted molar refractivity (Wildman–Crippen MR) is 456 cm³/mol. The van der Waals surface area contributed by atoms with Crippen molar-refractivity contribution in [2.75, 3.05) is 33.0 Å². The normalized spacial score (nSPS) is 22.9. The second kappa shape index (κ2) is 42.1. The number of aryl methyl sites for hydroxylation is 4. The van der Waals surface area contributed by atoms with Crippen molar-refractivity contribution < 1.29 is 92.4 Å². The number of aliphatic hydroxyl groups is 6. The standard InChI is InChI=1S/C25H36O6.C24H35NO3.2C24H34O5/c1-5-6-7-8-17-12-21(30-24(28)29-15-18(27)14-26)23-19-11-16(2)9-10-20(19)25(3,4)31-22(23)13-17;1-5-6-7-8-17-14-20(27-22(26)11-12-25)23-18-13-16(2)9-10-19(18)24(3,4)28-21(23)15-17;2*1-5-6-7-8-16-12-20(28-23(27)19(26)14-25)22-17-11-15(2)9-10-18(17)24(3,4)29-21(22)13-16/h11-13,18-20,26-27H,5-10,14-15H2,1-4H3;13-15,18-19H,5-12,25H2,1-4H3;2*11-13,17-19,25-26H,5-10,14H2,1-4H3/t18-,19+,20+;18-,19-;17-,18-,19+;17-,18-,19-/m0111/s1. The molecule has 0 spiro atoms. The molecule has 0 unspecified atom stereocenters. The number of nitrogens with two attached hydrogens (primary N) is 1. The van der Waals surface area contributed by atoms with Crippen molar-refractivity contribution in [2.24, 2.45) is 29.4 Å². The van der Waals surface area contributed by atoms with Crippen molar-refractivity contribution in [3.8, 4) is 46.0 Å². The van der Waals surface area contributed by atoms with Gasteiger partial charge in [0.25, 0.3) is 0 Å². The summed E-state index contributed by atoms with van der Waals surface area (Å²) in [6.45, 7) is 32.7. The fraction of sp³-hybridized carbons (Fsp3) is 0.629. The van der Waals surface area contributed by atoms with Gasteiger partial charge in [0.1, 0.15) is 81.1 Å². The van der Waals surface area contributed by atoms with Gasteiger partial charge in [0, 0.05) is 76.1 Å². The zero-order chi connectivity index (χ0) is 85.3. The number of rotatable bonds is 29. The van der Waals surface area contributed by atoms with Crippen LogP contribution in [0.4, 0.5) is 4.79 Å². The number of allylic oxidation sites excluding steroid dienone is 8. The summed E-state index contributed by atoms with van der Waals surface area (Å²) in [5, 5.41) is 56.1. The van der Waals surface area contributed by atoms with Gasteiger partial charge in [-0.05, 0) is 257 Å². The number of hydrogen-bond donors (Lipinski definition) is 7. The maximum Gasteiger partial charge on any atom is 0.513 e. The smallest absolute Gasteiger partial charge is 0.487 e. The van der Waals surface area contributed by atoms with Crippen LogP contribution in [0.5, 0.6) is 46.0 Å². The third-order valence-corrected chi connectivity index (χ3v) is 25.0. The number of fused-ring (bicyclic) bond motifs is 12. The molecule has 12 rings (SSSR count). The quantitative estimate of drug-likeness (QED) is 0.00874. The molecule has 117 heavy (non-hydrogen) atoms. The highest BCUT2D eigenvalue weighted by atomic mass is 16.7. The van der Waals surface area contributed by atoms with E-state index in [-0.39, 0.29) is 82.8 Å². The van der Waals surface area contributed by atoms with Gasteiger partial charge in [-0.25, -0.2) is 14.4 Å².